The minimum atomic E-state index is -0.697. The molecule has 3 aromatic carbocycles. The van der Waals surface area contributed by atoms with Crippen molar-refractivity contribution in [2.75, 3.05) is 6.54 Å². The Bertz CT molecular complexity index is 1290. The van der Waals surface area contributed by atoms with Crippen molar-refractivity contribution in [3.63, 3.8) is 0 Å². The van der Waals surface area contributed by atoms with E-state index in [-0.39, 0.29) is 18.9 Å². The van der Waals surface area contributed by atoms with Crippen LogP contribution in [0.5, 0.6) is 0 Å². The third-order valence-electron chi connectivity index (χ3n) is 5.44. The molecule has 0 bridgehead atoms. The first kappa shape index (κ1) is 24.6. The molecule has 0 saturated heterocycles. The summed E-state index contributed by atoms with van der Waals surface area (Å²) in [4.78, 5) is 32.2. The highest BCUT2D eigenvalue weighted by atomic mass is 32.2. The Morgan fingerprint density at radius 2 is 1.51 bits per heavy atom. The Balaban J connectivity index is 1.61. The lowest BCUT2D eigenvalue weighted by molar-refractivity contribution is -0.129. The standard InChI is InChI=1S/C29H30N2O3S/c1-29(2,3)34-28(33)31(26(32)20-21-12-6-4-7-13-21)19-18-24-23-16-10-11-17-25(23)30-27(24)35-22-14-8-5-9-15-22/h4-17,30H,18-20H2,1-3H3. The molecule has 0 radical (unpaired) electrons. The maximum Gasteiger partial charge on any atom is 0.417 e. The van der Waals surface area contributed by atoms with E-state index in [2.05, 4.69) is 23.2 Å². The Labute approximate surface area is 210 Å². The van der Waals surface area contributed by atoms with Crippen LogP contribution in [-0.2, 0) is 22.4 Å². The van der Waals surface area contributed by atoms with Crippen LogP contribution < -0.4 is 0 Å². The average molecular weight is 487 g/mol. The molecule has 4 aromatic rings. The molecule has 5 nitrogen and oxygen atoms in total. The van der Waals surface area contributed by atoms with Gasteiger partial charge in [0.05, 0.1) is 11.4 Å². The van der Waals surface area contributed by atoms with Gasteiger partial charge >= 0.3 is 6.09 Å². The third-order valence-corrected chi connectivity index (χ3v) is 6.50. The SMILES string of the molecule is CC(C)(C)OC(=O)N(CCc1c(Sc2ccccc2)[nH]c2ccccc12)C(=O)Cc1ccccc1. The van der Waals surface area contributed by atoms with Crippen LogP contribution in [0.4, 0.5) is 4.79 Å². The first-order valence-corrected chi connectivity index (χ1v) is 12.5. The molecular formula is C29H30N2O3S. The number of fused-ring (bicyclic) bond motifs is 1. The number of aromatic amines is 1. The molecule has 6 heteroatoms. The van der Waals surface area contributed by atoms with Crippen molar-refractivity contribution < 1.29 is 14.3 Å². The molecule has 1 aromatic heterocycles. The Kier molecular flexibility index (Phi) is 7.61. The van der Waals surface area contributed by atoms with Crippen LogP contribution in [0.15, 0.2) is 94.9 Å². The molecule has 1 N–H and O–H groups in total. The second kappa shape index (κ2) is 10.8. The lowest BCUT2D eigenvalue weighted by atomic mass is 10.1. The summed E-state index contributed by atoms with van der Waals surface area (Å²) in [7, 11) is 0. The van der Waals surface area contributed by atoms with E-state index in [0.717, 1.165) is 32.0 Å². The zero-order valence-corrected chi connectivity index (χ0v) is 21.1. The molecule has 0 unspecified atom stereocenters. The lowest BCUT2D eigenvalue weighted by Gasteiger charge is -2.26. The topological polar surface area (TPSA) is 62.4 Å². The van der Waals surface area contributed by atoms with Crippen molar-refractivity contribution in [2.24, 2.45) is 0 Å². The number of amides is 2. The van der Waals surface area contributed by atoms with Crippen LogP contribution in [0.2, 0.25) is 0 Å². The molecule has 0 spiro atoms. The number of nitrogens with one attached hydrogen (secondary N) is 1. The number of imide groups is 1. The van der Waals surface area contributed by atoms with E-state index in [1.54, 1.807) is 32.5 Å². The van der Waals surface area contributed by atoms with Crippen molar-refractivity contribution in [1.82, 2.24) is 9.88 Å². The van der Waals surface area contributed by atoms with Gasteiger partial charge in [-0.05, 0) is 56.5 Å². The summed E-state index contributed by atoms with van der Waals surface area (Å²) < 4.78 is 5.60. The number of ether oxygens (including phenoxy) is 1. The molecule has 1 heterocycles. The number of aromatic nitrogens is 1. The Hall–Kier alpha value is -3.51. The monoisotopic (exact) mass is 486 g/mol. The molecule has 0 atom stereocenters. The number of carbonyl (C=O) groups excluding carboxylic acids is 2. The van der Waals surface area contributed by atoms with Gasteiger partial charge in [0.1, 0.15) is 5.60 Å². The number of hydrogen-bond acceptors (Lipinski definition) is 4. The minimum absolute atomic E-state index is 0.138. The van der Waals surface area contributed by atoms with E-state index in [0.29, 0.717) is 6.42 Å². The summed E-state index contributed by atoms with van der Waals surface area (Å²) in [5.41, 5.74) is 2.27. The highest BCUT2D eigenvalue weighted by Crippen LogP contribution is 2.34. The van der Waals surface area contributed by atoms with Crippen LogP contribution >= 0.6 is 11.8 Å². The van der Waals surface area contributed by atoms with Gasteiger partial charge in [-0.3, -0.25) is 4.79 Å². The van der Waals surface area contributed by atoms with Crippen LogP contribution in [0.3, 0.4) is 0 Å². The van der Waals surface area contributed by atoms with Crippen molar-refractivity contribution >= 4 is 34.7 Å². The molecule has 4 rings (SSSR count). The zero-order chi connectivity index (χ0) is 24.8. The smallest absolute Gasteiger partial charge is 0.417 e. The summed E-state index contributed by atoms with van der Waals surface area (Å²) >= 11 is 1.65. The van der Waals surface area contributed by atoms with Gasteiger partial charge in [0.15, 0.2) is 0 Å². The minimum Gasteiger partial charge on any atom is -0.443 e. The van der Waals surface area contributed by atoms with Crippen molar-refractivity contribution in [3.05, 3.63) is 96.1 Å². The van der Waals surface area contributed by atoms with E-state index in [9.17, 15) is 9.59 Å². The van der Waals surface area contributed by atoms with Gasteiger partial charge in [0, 0.05) is 22.3 Å². The van der Waals surface area contributed by atoms with Crippen molar-refractivity contribution in [3.8, 4) is 0 Å². The van der Waals surface area contributed by atoms with E-state index >= 15 is 0 Å². The first-order valence-electron chi connectivity index (χ1n) is 11.7. The Morgan fingerprint density at radius 1 is 0.886 bits per heavy atom. The number of carbonyl (C=O) groups is 2. The molecule has 0 aliphatic rings. The van der Waals surface area contributed by atoms with Gasteiger partial charge in [-0.25, -0.2) is 9.69 Å². The van der Waals surface area contributed by atoms with Gasteiger partial charge < -0.3 is 9.72 Å². The van der Waals surface area contributed by atoms with Gasteiger partial charge in [0.2, 0.25) is 5.91 Å². The predicted molar refractivity (Wildman–Crippen MR) is 141 cm³/mol. The average Bonchev–Trinajstić information content (AvgIpc) is 3.16. The molecular weight excluding hydrogens is 456 g/mol. The summed E-state index contributed by atoms with van der Waals surface area (Å²) in [6.07, 6.45) is 0.0361. The second-order valence-corrected chi connectivity index (χ2v) is 10.4. The highest BCUT2D eigenvalue weighted by molar-refractivity contribution is 7.99. The van der Waals surface area contributed by atoms with E-state index in [4.69, 9.17) is 4.74 Å². The zero-order valence-electron chi connectivity index (χ0n) is 20.3. The lowest BCUT2D eigenvalue weighted by Crippen LogP contribution is -2.42. The van der Waals surface area contributed by atoms with Crippen LogP contribution in [0, 0.1) is 0 Å². The molecule has 2 amide bonds. The maximum atomic E-state index is 13.3. The summed E-state index contributed by atoms with van der Waals surface area (Å²) in [5.74, 6) is -0.275. The molecule has 0 fully saturated rings. The normalized spacial score (nSPS) is 11.4. The number of benzene rings is 3. The summed E-state index contributed by atoms with van der Waals surface area (Å²) in [5, 5.41) is 2.10. The number of nitrogens with zero attached hydrogens (tertiary/aromatic N) is 1. The predicted octanol–water partition coefficient (Wildman–Crippen LogP) is 6.87. The van der Waals surface area contributed by atoms with Crippen LogP contribution in [0.1, 0.15) is 31.9 Å². The van der Waals surface area contributed by atoms with Gasteiger partial charge in [-0.15, -0.1) is 0 Å². The molecule has 0 saturated carbocycles. The fourth-order valence-electron chi connectivity index (χ4n) is 3.84. The van der Waals surface area contributed by atoms with Crippen LogP contribution in [-0.4, -0.2) is 34.0 Å². The maximum absolute atomic E-state index is 13.3. The third kappa shape index (κ3) is 6.55. The number of H-pyrrole nitrogens is 1. The van der Waals surface area contributed by atoms with E-state index < -0.39 is 11.7 Å². The fourth-order valence-corrected chi connectivity index (χ4v) is 4.87. The van der Waals surface area contributed by atoms with Crippen molar-refractivity contribution in [1.29, 1.82) is 0 Å². The molecule has 180 valence electrons. The largest absolute Gasteiger partial charge is 0.443 e. The van der Waals surface area contributed by atoms with Crippen LogP contribution in [0.25, 0.3) is 10.9 Å². The summed E-state index contributed by atoms with van der Waals surface area (Å²) in [6, 6.07) is 27.7. The van der Waals surface area contributed by atoms with Crippen molar-refractivity contribution in [2.45, 2.75) is 49.1 Å². The fraction of sp³-hybridized carbons (Fsp3) is 0.241. The second-order valence-electron chi connectivity index (χ2n) is 9.33. The molecule has 0 aliphatic heterocycles. The first-order chi connectivity index (χ1) is 16.8. The highest BCUT2D eigenvalue weighted by Gasteiger charge is 2.28. The summed E-state index contributed by atoms with van der Waals surface area (Å²) in [6.45, 7) is 5.64. The molecule has 35 heavy (non-hydrogen) atoms. The molecule has 0 aliphatic carbocycles. The van der Waals surface area contributed by atoms with Gasteiger partial charge in [-0.1, -0.05) is 78.5 Å². The number of rotatable bonds is 7. The quantitative estimate of drug-likeness (QED) is 0.310. The number of hydrogen-bond donors (Lipinski definition) is 1. The number of para-hydroxylation sites is 1. The van der Waals surface area contributed by atoms with E-state index in [1.807, 2.05) is 66.7 Å². The van der Waals surface area contributed by atoms with Gasteiger partial charge in [-0.2, -0.15) is 0 Å². The Morgan fingerprint density at radius 3 is 2.20 bits per heavy atom. The van der Waals surface area contributed by atoms with Gasteiger partial charge in [0.25, 0.3) is 0 Å². The van der Waals surface area contributed by atoms with E-state index in [1.165, 1.54) is 4.90 Å².